The Hall–Kier alpha value is -1.00. The first-order valence-corrected chi connectivity index (χ1v) is 7.60. The maximum Gasteiger partial charge on any atom is 0.233 e. The second-order valence-corrected chi connectivity index (χ2v) is 5.83. The summed E-state index contributed by atoms with van der Waals surface area (Å²) in [4.78, 5) is 13.0. The van der Waals surface area contributed by atoms with Crippen LogP contribution in [0.2, 0.25) is 0 Å². The number of amides is 1. The van der Waals surface area contributed by atoms with Gasteiger partial charge in [-0.25, -0.2) is 0 Å². The molecule has 106 valence electrons. The highest BCUT2D eigenvalue weighted by atomic mass is 32.2. The average molecular weight is 281 g/mol. The van der Waals surface area contributed by atoms with Crippen molar-refractivity contribution in [3.8, 4) is 0 Å². The van der Waals surface area contributed by atoms with Crippen LogP contribution in [-0.4, -0.2) is 30.9 Å². The van der Waals surface area contributed by atoms with Crippen molar-refractivity contribution in [3.05, 3.63) is 29.8 Å². The molecule has 1 aromatic carbocycles. The van der Waals surface area contributed by atoms with E-state index in [-0.39, 0.29) is 11.2 Å². The first-order valence-electron chi connectivity index (χ1n) is 6.72. The summed E-state index contributed by atoms with van der Waals surface area (Å²) in [6, 6.07) is 8.24. The molecule has 1 amide bonds. The van der Waals surface area contributed by atoms with Crippen molar-refractivity contribution in [3.63, 3.8) is 0 Å². The summed E-state index contributed by atoms with van der Waals surface area (Å²) in [5.74, 6) is 0.0853. The lowest BCUT2D eigenvalue weighted by Crippen LogP contribution is -2.32. The van der Waals surface area contributed by atoms with Crippen LogP contribution in [0.5, 0.6) is 0 Å². The monoisotopic (exact) mass is 281 g/mol. The molecule has 0 fully saturated rings. The number of benzene rings is 1. The third kappa shape index (κ3) is 6.64. The minimum Gasteiger partial charge on any atom is -0.382 e. The molecule has 0 saturated heterocycles. The van der Waals surface area contributed by atoms with E-state index in [4.69, 9.17) is 4.74 Å². The molecule has 0 saturated carbocycles. The number of aryl methyl sites for hydroxylation is 1. The molecule has 0 heterocycles. The van der Waals surface area contributed by atoms with Gasteiger partial charge < -0.3 is 10.1 Å². The summed E-state index contributed by atoms with van der Waals surface area (Å²) in [5.41, 5.74) is 1.23. The summed E-state index contributed by atoms with van der Waals surface area (Å²) in [7, 11) is 0. The fraction of sp³-hybridized carbons (Fsp3) is 0.533. The van der Waals surface area contributed by atoms with E-state index in [0.29, 0.717) is 13.2 Å². The fourth-order valence-electron chi connectivity index (χ4n) is 1.55. The molecule has 0 unspecified atom stereocenters. The lowest BCUT2D eigenvalue weighted by molar-refractivity contribution is -0.120. The van der Waals surface area contributed by atoms with Crippen molar-refractivity contribution in [1.29, 1.82) is 0 Å². The fourth-order valence-corrected chi connectivity index (χ4v) is 2.44. The van der Waals surface area contributed by atoms with Crippen LogP contribution in [0.4, 0.5) is 0 Å². The van der Waals surface area contributed by atoms with Crippen LogP contribution in [0, 0.1) is 6.92 Å². The van der Waals surface area contributed by atoms with Gasteiger partial charge >= 0.3 is 0 Å². The summed E-state index contributed by atoms with van der Waals surface area (Å²) < 4.78 is 5.23. The molecule has 3 nitrogen and oxygen atoms in total. The van der Waals surface area contributed by atoms with Crippen LogP contribution < -0.4 is 5.32 Å². The average Bonchev–Trinajstić information content (AvgIpc) is 2.41. The Kier molecular flexibility index (Phi) is 7.60. The molecule has 0 aromatic heterocycles. The van der Waals surface area contributed by atoms with Gasteiger partial charge in [-0.1, -0.05) is 17.7 Å². The number of carbonyl (C=O) groups is 1. The number of hydrogen-bond acceptors (Lipinski definition) is 3. The van der Waals surface area contributed by atoms with Crippen molar-refractivity contribution in [2.45, 2.75) is 37.3 Å². The zero-order chi connectivity index (χ0) is 14.1. The van der Waals surface area contributed by atoms with Crippen LogP contribution in [0.3, 0.4) is 0 Å². The minimum absolute atomic E-state index is 0.0743. The second-order valence-electron chi connectivity index (χ2n) is 4.41. The molecule has 4 heteroatoms. The van der Waals surface area contributed by atoms with Crippen molar-refractivity contribution >= 4 is 17.7 Å². The lowest BCUT2D eigenvalue weighted by Gasteiger charge is -2.12. The smallest absolute Gasteiger partial charge is 0.233 e. The Morgan fingerprint density at radius 1 is 1.37 bits per heavy atom. The third-order valence-electron chi connectivity index (χ3n) is 2.67. The van der Waals surface area contributed by atoms with Gasteiger partial charge in [-0.2, -0.15) is 0 Å². The topological polar surface area (TPSA) is 38.3 Å². The molecule has 0 radical (unpaired) electrons. The Morgan fingerprint density at radius 3 is 2.68 bits per heavy atom. The van der Waals surface area contributed by atoms with E-state index in [2.05, 4.69) is 36.5 Å². The number of carbonyl (C=O) groups excluding carboxylic acids is 1. The number of hydrogen-bond donors (Lipinski definition) is 1. The highest BCUT2D eigenvalue weighted by Gasteiger charge is 2.13. The van der Waals surface area contributed by atoms with Crippen LogP contribution in [0.1, 0.15) is 25.8 Å². The predicted octanol–water partition coefficient (Wildman–Crippen LogP) is 3.02. The van der Waals surface area contributed by atoms with Crippen molar-refractivity contribution < 1.29 is 9.53 Å². The zero-order valence-electron chi connectivity index (χ0n) is 11.9. The molecule has 0 aliphatic heterocycles. The summed E-state index contributed by atoms with van der Waals surface area (Å²) in [5, 5.41) is 2.86. The Morgan fingerprint density at radius 2 is 2.05 bits per heavy atom. The molecule has 1 N–H and O–H groups in total. The van der Waals surface area contributed by atoms with E-state index in [1.165, 1.54) is 5.56 Å². The van der Waals surface area contributed by atoms with Crippen LogP contribution in [0.15, 0.2) is 29.2 Å². The maximum atomic E-state index is 11.9. The van der Waals surface area contributed by atoms with Crippen LogP contribution >= 0.6 is 11.8 Å². The predicted molar refractivity (Wildman–Crippen MR) is 80.6 cm³/mol. The van der Waals surface area contributed by atoms with Gasteiger partial charge in [-0.3, -0.25) is 4.79 Å². The van der Waals surface area contributed by atoms with Gasteiger partial charge in [0, 0.05) is 24.7 Å². The molecule has 0 aliphatic carbocycles. The van der Waals surface area contributed by atoms with Gasteiger partial charge in [0.15, 0.2) is 0 Å². The van der Waals surface area contributed by atoms with E-state index in [9.17, 15) is 4.79 Å². The lowest BCUT2D eigenvalue weighted by atomic mass is 10.2. The Balaban J connectivity index is 2.26. The van der Waals surface area contributed by atoms with E-state index in [1.807, 2.05) is 13.8 Å². The molecule has 1 aromatic rings. The van der Waals surface area contributed by atoms with Crippen molar-refractivity contribution in [2.24, 2.45) is 0 Å². The van der Waals surface area contributed by atoms with Gasteiger partial charge in [0.1, 0.15) is 0 Å². The molecular formula is C15H23NO2S. The number of ether oxygens (including phenoxy) is 1. The molecule has 19 heavy (non-hydrogen) atoms. The zero-order valence-corrected chi connectivity index (χ0v) is 12.8. The van der Waals surface area contributed by atoms with Crippen molar-refractivity contribution in [2.75, 3.05) is 19.8 Å². The van der Waals surface area contributed by atoms with Gasteiger partial charge in [0.05, 0.1) is 5.25 Å². The highest BCUT2D eigenvalue weighted by molar-refractivity contribution is 8.00. The summed E-state index contributed by atoms with van der Waals surface area (Å²) in [6.07, 6.45) is 0.863. The molecule has 0 aliphatic rings. The number of thioether (sulfide) groups is 1. The summed E-state index contributed by atoms with van der Waals surface area (Å²) >= 11 is 1.59. The SMILES string of the molecule is CCOCCCNC(=O)[C@@H](C)Sc1ccc(C)cc1. The van der Waals surface area contributed by atoms with E-state index in [0.717, 1.165) is 17.9 Å². The molecule has 0 spiro atoms. The van der Waals surface area contributed by atoms with E-state index in [1.54, 1.807) is 11.8 Å². The van der Waals surface area contributed by atoms with Gasteiger partial charge in [-0.05, 0) is 39.3 Å². The molecule has 0 bridgehead atoms. The normalized spacial score (nSPS) is 12.2. The quantitative estimate of drug-likeness (QED) is 0.588. The molecule has 1 atom stereocenters. The molecule has 1 rings (SSSR count). The van der Waals surface area contributed by atoms with E-state index < -0.39 is 0 Å². The summed E-state index contributed by atoms with van der Waals surface area (Å²) in [6.45, 7) is 8.08. The largest absolute Gasteiger partial charge is 0.382 e. The third-order valence-corrected chi connectivity index (χ3v) is 3.78. The minimum atomic E-state index is -0.0743. The molecular weight excluding hydrogens is 258 g/mol. The van der Waals surface area contributed by atoms with Gasteiger partial charge in [0.2, 0.25) is 5.91 Å². The second kappa shape index (κ2) is 8.99. The first-order chi connectivity index (χ1) is 9.13. The van der Waals surface area contributed by atoms with Gasteiger partial charge in [0.25, 0.3) is 0 Å². The Labute approximate surface area is 120 Å². The van der Waals surface area contributed by atoms with Crippen LogP contribution in [0.25, 0.3) is 0 Å². The van der Waals surface area contributed by atoms with E-state index >= 15 is 0 Å². The maximum absolute atomic E-state index is 11.9. The number of nitrogens with one attached hydrogen (secondary N) is 1. The van der Waals surface area contributed by atoms with Crippen molar-refractivity contribution in [1.82, 2.24) is 5.32 Å². The first kappa shape index (κ1) is 16.1. The standard InChI is InChI=1S/C15H23NO2S/c1-4-18-11-5-10-16-15(17)13(3)19-14-8-6-12(2)7-9-14/h6-9,13H,4-5,10-11H2,1-3H3,(H,16,17)/t13-/m1/s1. The van der Waals surface area contributed by atoms with Gasteiger partial charge in [-0.15, -0.1) is 11.8 Å². The highest BCUT2D eigenvalue weighted by Crippen LogP contribution is 2.23. The van der Waals surface area contributed by atoms with Crippen LogP contribution in [-0.2, 0) is 9.53 Å². The number of rotatable bonds is 8. The Bertz CT molecular complexity index is 378.